The number of hydrogen-bond donors (Lipinski definition) is 1. The topological polar surface area (TPSA) is 6.48 Å². The summed E-state index contributed by atoms with van der Waals surface area (Å²) in [7, 11) is 0. The van der Waals surface area contributed by atoms with Gasteiger partial charge in [-0.05, 0) is 152 Å². The molecule has 0 aromatic heterocycles. The molecule has 0 amide bonds. The number of hydrogen-bond acceptors (Lipinski definition) is 3. The molecule has 314 valence electrons. The maximum Gasteiger partial charge on any atom is 0.259 e. The lowest BCUT2D eigenvalue weighted by Gasteiger charge is -2.53. The van der Waals surface area contributed by atoms with Gasteiger partial charge in [0, 0.05) is 28.0 Å². The zero-order valence-electron chi connectivity index (χ0n) is 39.3. The number of nitrogens with zero attached hydrogens (tertiary/aromatic N) is 2. The number of rotatable bonds is 3. The number of aryl methyl sites for hydroxylation is 1. The summed E-state index contributed by atoms with van der Waals surface area (Å²) in [5.74, 6) is 0. The van der Waals surface area contributed by atoms with E-state index in [1.165, 1.54) is 122 Å². The molecule has 3 heterocycles. The van der Waals surface area contributed by atoms with Gasteiger partial charge >= 0.3 is 0 Å². The minimum Gasteiger partial charge on any atom is -0.335 e. The highest BCUT2D eigenvalue weighted by Gasteiger charge is 2.61. The van der Waals surface area contributed by atoms with Crippen LogP contribution in [0.15, 0.2) is 95.8 Å². The molecule has 5 aromatic carbocycles. The predicted octanol–water partition coefficient (Wildman–Crippen LogP) is 14.3. The van der Waals surface area contributed by atoms with Crippen LogP contribution in [0.25, 0.3) is 16.8 Å². The summed E-state index contributed by atoms with van der Waals surface area (Å²) in [6.45, 7) is 31.5. The SMILES string of the molecule is Cc1cc2c3c(c1)N1c4c(cc(C(C)(C)C)cc4C4(C)CCCCC14C)B3C(S)=C(c1ccc3c(c1)C(C)(C)CCC3(C)C)N2c1ccc(C(C)(C)C)cc1-c1ccccc1. The Kier molecular flexibility index (Phi) is 8.85. The van der Waals surface area contributed by atoms with Crippen molar-refractivity contribution in [2.45, 2.75) is 161 Å². The zero-order chi connectivity index (χ0) is 43.4. The standard InChI is InChI=1S/C57H67BN2S/c1-35-29-46-48-47(30-35)60-50-43(56(12)25-17-18-26-57(56,60)13)33-39(53(5,6)7)34-44(50)58(48)51(61)49(37-21-23-41-42(31-37)55(10,11)28-27-54(41,8)9)59(46)45-24-22-38(52(2,3)4)32-40(45)36-19-15-14-16-20-36/h14-16,19-24,29-34,61H,17-18,25-28H2,1-13H3. The lowest BCUT2D eigenvalue weighted by atomic mass is 9.36. The molecule has 0 radical (unpaired) electrons. The molecule has 2 aliphatic carbocycles. The monoisotopic (exact) mass is 823 g/mol. The molecule has 5 aromatic rings. The molecular formula is C57H67BN2S. The van der Waals surface area contributed by atoms with Crippen molar-refractivity contribution in [3.8, 4) is 11.1 Å². The average Bonchev–Trinajstić information content (AvgIpc) is 3.41. The predicted molar refractivity (Wildman–Crippen MR) is 268 cm³/mol. The number of fused-ring (bicyclic) bond motifs is 6. The van der Waals surface area contributed by atoms with Crippen molar-refractivity contribution in [1.29, 1.82) is 0 Å². The van der Waals surface area contributed by atoms with Crippen molar-refractivity contribution in [3.05, 3.63) is 135 Å². The van der Waals surface area contributed by atoms with Crippen LogP contribution in [0.2, 0.25) is 0 Å². The summed E-state index contributed by atoms with van der Waals surface area (Å²) < 4.78 is 0. The van der Waals surface area contributed by atoms with Crippen molar-refractivity contribution in [2.75, 3.05) is 9.80 Å². The molecule has 2 unspecified atom stereocenters. The molecule has 0 N–H and O–H groups in total. The molecule has 2 atom stereocenters. The second-order valence-electron chi connectivity index (χ2n) is 23.5. The Balaban J connectivity index is 1.35. The fraction of sp³-hybridized carbons (Fsp3) is 0.439. The van der Waals surface area contributed by atoms with Crippen LogP contribution in [0.1, 0.15) is 161 Å². The van der Waals surface area contributed by atoms with Crippen LogP contribution in [0.4, 0.5) is 22.7 Å². The van der Waals surface area contributed by atoms with Gasteiger partial charge in [0.2, 0.25) is 0 Å². The molecule has 2 nitrogen and oxygen atoms in total. The first kappa shape index (κ1) is 40.9. The molecule has 61 heavy (non-hydrogen) atoms. The van der Waals surface area contributed by atoms with Crippen LogP contribution in [0.3, 0.4) is 0 Å². The maximum atomic E-state index is 5.96. The van der Waals surface area contributed by atoms with Gasteiger partial charge in [-0.15, -0.1) is 0 Å². The first-order chi connectivity index (χ1) is 28.6. The van der Waals surface area contributed by atoms with Crippen molar-refractivity contribution in [3.63, 3.8) is 0 Å². The fourth-order valence-electron chi connectivity index (χ4n) is 12.4. The Labute approximate surface area is 373 Å². The van der Waals surface area contributed by atoms with E-state index in [4.69, 9.17) is 12.6 Å². The Morgan fingerprint density at radius 2 is 1.25 bits per heavy atom. The van der Waals surface area contributed by atoms with Crippen molar-refractivity contribution in [1.82, 2.24) is 0 Å². The average molecular weight is 823 g/mol. The molecule has 4 heteroatoms. The van der Waals surface area contributed by atoms with E-state index in [1.807, 2.05) is 0 Å². The number of benzene rings is 5. The second kappa shape index (κ2) is 13.2. The van der Waals surface area contributed by atoms with Crippen molar-refractivity contribution < 1.29 is 0 Å². The van der Waals surface area contributed by atoms with Crippen molar-refractivity contribution >= 4 is 58.7 Å². The van der Waals surface area contributed by atoms with Crippen LogP contribution in [0.5, 0.6) is 0 Å². The fourth-order valence-corrected chi connectivity index (χ4v) is 12.9. The van der Waals surface area contributed by atoms with Gasteiger partial charge < -0.3 is 9.80 Å². The maximum absolute atomic E-state index is 5.96. The minimum absolute atomic E-state index is 0.00294. The molecule has 0 bridgehead atoms. The van der Waals surface area contributed by atoms with E-state index in [1.54, 1.807) is 5.56 Å². The van der Waals surface area contributed by atoms with Gasteiger partial charge in [-0.25, -0.2) is 0 Å². The van der Waals surface area contributed by atoms with E-state index in [2.05, 4.69) is 191 Å². The Hall–Kier alpha value is -4.15. The molecule has 0 saturated heterocycles. The summed E-state index contributed by atoms with van der Waals surface area (Å²) >= 11 is 5.96. The normalized spacial score (nSPS) is 23.4. The summed E-state index contributed by atoms with van der Waals surface area (Å²) in [4.78, 5) is 6.66. The van der Waals surface area contributed by atoms with E-state index in [-0.39, 0.29) is 39.3 Å². The van der Waals surface area contributed by atoms with E-state index in [0.717, 1.165) is 4.80 Å². The Morgan fingerprint density at radius 1 is 0.590 bits per heavy atom. The van der Waals surface area contributed by atoms with Crippen molar-refractivity contribution in [2.24, 2.45) is 0 Å². The molecular weight excluding hydrogens is 756 g/mol. The van der Waals surface area contributed by atoms with E-state index in [0.29, 0.717) is 0 Å². The molecule has 10 rings (SSSR count). The first-order valence-corrected chi connectivity index (χ1v) is 23.7. The summed E-state index contributed by atoms with van der Waals surface area (Å²) in [6.07, 6.45) is 7.30. The molecule has 0 spiro atoms. The van der Waals surface area contributed by atoms with Gasteiger partial charge in [-0.1, -0.05) is 150 Å². The number of thiol groups is 1. The van der Waals surface area contributed by atoms with Gasteiger partial charge in [-0.2, -0.15) is 12.6 Å². The minimum atomic E-state index is -0.0443. The Bertz CT molecular complexity index is 2690. The lowest BCUT2D eigenvalue weighted by Crippen LogP contribution is -2.61. The first-order valence-electron chi connectivity index (χ1n) is 23.3. The number of anilines is 4. The quantitative estimate of drug-likeness (QED) is 0.143. The van der Waals surface area contributed by atoms with E-state index in [9.17, 15) is 0 Å². The largest absolute Gasteiger partial charge is 0.335 e. The van der Waals surface area contributed by atoms with E-state index >= 15 is 0 Å². The Morgan fingerprint density at radius 3 is 1.93 bits per heavy atom. The van der Waals surface area contributed by atoms with Gasteiger partial charge in [0.15, 0.2) is 0 Å². The zero-order valence-corrected chi connectivity index (χ0v) is 40.2. The highest BCUT2D eigenvalue weighted by Crippen LogP contribution is 2.63. The third-order valence-electron chi connectivity index (χ3n) is 16.5. The van der Waals surface area contributed by atoms with Gasteiger partial charge in [0.05, 0.1) is 16.9 Å². The smallest absolute Gasteiger partial charge is 0.259 e. The lowest BCUT2D eigenvalue weighted by molar-refractivity contribution is 0.195. The van der Waals surface area contributed by atoms with Crippen LogP contribution in [0, 0.1) is 6.92 Å². The highest BCUT2D eigenvalue weighted by molar-refractivity contribution is 7.87. The third kappa shape index (κ3) is 5.82. The molecule has 1 saturated carbocycles. The van der Waals surface area contributed by atoms with Crippen LogP contribution >= 0.6 is 12.6 Å². The van der Waals surface area contributed by atoms with Crippen LogP contribution in [-0.2, 0) is 27.1 Å². The van der Waals surface area contributed by atoms with Crippen LogP contribution in [-0.4, -0.2) is 12.3 Å². The molecule has 1 fully saturated rings. The molecule has 5 aliphatic rings. The summed E-state index contributed by atoms with van der Waals surface area (Å²) in [5.41, 5.74) is 21.9. The van der Waals surface area contributed by atoms with Gasteiger partial charge in [-0.3, -0.25) is 0 Å². The molecule has 3 aliphatic heterocycles. The van der Waals surface area contributed by atoms with Gasteiger partial charge in [0.25, 0.3) is 6.71 Å². The van der Waals surface area contributed by atoms with Gasteiger partial charge in [0.1, 0.15) is 0 Å². The van der Waals surface area contributed by atoms with Crippen LogP contribution < -0.4 is 20.7 Å². The summed E-state index contributed by atoms with van der Waals surface area (Å²) in [5, 5.41) is 0. The highest BCUT2D eigenvalue weighted by atomic mass is 32.1. The third-order valence-corrected chi connectivity index (χ3v) is 17.0. The van der Waals surface area contributed by atoms with E-state index < -0.39 is 0 Å². The summed E-state index contributed by atoms with van der Waals surface area (Å²) in [6, 6.07) is 36.1. The second-order valence-corrected chi connectivity index (χ2v) is 23.9.